The normalized spacial score (nSPS) is 16.5. The molecule has 6 nitrogen and oxygen atoms in total. The van der Waals surface area contributed by atoms with E-state index in [0.717, 1.165) is 31.8 Å². The third-order valence-electron chi connectivity index (χ3n) is 3.43. The van der Waals surface area contributed by atoms with Crippen LogP contribution in [-0.4, -0.2) is 40.4 Å². The van der Waals surface area contributed by atoms with Crippen molar-refractivity contribution in [3.63, 3.8) is 0 Å². The Bertz CT molecular complexity index is 547. The standard InChI is InChI=1S/C13H17N5O/c1-19-10-3-2-6-15-11(10)13-16-12(17-18-13)9-4-7-14-8-5-9/h2-3,6,9,14H,4-5,7-8H2,1H3,(H,16,17,18). The van der Waals surface area contributed by atoms with Gasteiger partial charge in [-0.25, -0.2) is 9.97 Å². The number of piperidine rings is 1. The lowest BCUT2D eigenvalue weighted by Gasteiger charge is -2.19. The summed E-state index contributed by atoms with van der Waals surface area (Å²) in [6.07, 6.45) is 3.90. The maximum atomic E-state index is 5.29. The van der Waals surface area contributed by atoms with E-state index in [4.69, 9.17) is 4.74 Å². The number of ether oxygens (including phenoxy) is 1. The number of nitrogens with zero attached hydrogens (tertiary/aromatic N) is 3. The van der Waals surface area contributed by atoms with Gasteiger partial charge in [-0.1, -0.05) is 0 Å². The maximum Gasteiger partial charge on any atom is 0.203 e. The van der Waals surface area contributed by atoms with E-state index in [9.17, 15) is 0 Å². The summed E-state index contributed by atoms with van der Waals surface area (Å²) >= 11 is 0. The van der Waals surface area contributed by atoms with E-state index < -0.39 is 0 Å². The summed E-state index contributed by atoms with van der Waals surface area (Å²) in [5, 5.41) is 10.7. The minimum Gasteiger partial charge on any atom is -0.494 e. The van der Waals surface area contributed by atoms with E-state index in [1.807, 2.05) is 12.1 Å². The highest BCUT2D eigenvalue weighted by Crippen LogP contribution is 2.27. The van der Waals surface area contributed by atoms with Gasteiger partial charge >= 0.3 is 0 Å². The Morgan fingerprint density at radius 1 is 1.32 bits per heavy atom. The molecule has 1 saturated heterocycles. The van der Waals surface area contributed by atoms with Crippen LogP contribution >= 0.6 is 0 Å². The summed E-state index contributed by atoms with van der Waals surface area (Å²) in [4.78, 5) is 8.87. The number of rotatable bonds is 3. The van der Waals surface area contributed by atoms with Crippen molar-refractivity contribution in [2.75, 3.05) is 20.2 Å². The molecule has 3 rings (SSSR count). The maximum absolute atomic E-state index is 5.29. The third-order valence-corrected chi connectivity index (χ3v) is 3.43. The number of hydrogen-bond acceptors (Lipinski definition) is 5. The fourth-order valence-corrected chi connectivity index (χ4v) is 2.38. The minimum atomic E-state index is 0.456. The quantitative estimate of drug-likeness (QED) is 0.870. The Morgan fingerprint density at radius 2 is 2.16 bits per heavy atom. The van der Waals surface area contributed by atoms with E-state index in [-0.39, 0.29) is 0 Å². The molecule has 0 aliphatic carbocycles. The molecule has 0 bridgehead atoms. The highest BCUT2D eigenvalue weighted by atomic mass is 16.5. The lowest BCUT2D eigenvalue weighted by Crippen LogP contribution is -2.27. The van der Waals surface area contributed by atoms with Crippen LogP contribution in [0.15, 0.2) is 18.3 Å². The molecule has 100 valence electrons. The van der Waals surface area contributed by atoms with Gasteiger partial charge in [0.05, 0.1) is 7.11 Å². The predicted octanol–water partition coefficient (Wildman–Crippen LogP) is 1.34. The number of aromatic nitrogens is 4. The molecular weight excluding hydrogens is 242 g/mol. The van der Waals surface area contributed by atoms with E-state index in [1.165, 1.54) is 0 Å². The van der Waals surface area contributed by atoms with Crippen molar-refractivity contribution in [3.8, 4) is 17.3 Å². The lowest BCUT2D eigenvalue weighted by atomic mass is 9.98. The number of methoxy groups -OCH3 is 1. The molecule has 19 heavy (non-hydrogen) atoms. The average Bonchev–Trinajstić information content (AvgIpc) is 2.98. The van der Waals surface area contributed by atoms with Crippen molar-refractivity contribution >= 4 is 0 Å². The first-order valence-corrected chi connectivity index (χ1v) is 6.51. The molecule has 0 atom stereocenters. The molecule has 6 heteroatoms. The van der Waals surface area contributed by atoms with Crippen LogP contribution in [0.1, 0.15) is 24.6 Å². The van der Waals surface area contributed by atoms with Crippen LogP contribution in [-0.2, 0) is 0 Å². The molecule has 0 radical (unpaired) electrons. The summed E-state index contributed by atoms with van der Waals surface area (Å²) in [5.74, 6) is 2.70. The molecule has 0 amide bonds. The van der Waals surface area contributed by atoms with Crippen LogP contribution < -0.4 is 10.1 Å². The molecule has 0 spiro atoms. The molecule has 1 aliphatic heterocycles. The Labute approximate surface area is 111 Å². The second kappa shape index (κ2) is 5.36. The summed E-state index contributed by atoms with van der Waals surface area (Å²) in [7, 11) is 1.63. The molecule has 0 aromatic carbocycles. The van der Waals surface area contributed by atoms with Crippen molar-refractivity contribution in [2.45, 2.75) is 18.8 Å². The van der Waals surface area contributed by atoms with Gasteiger partial charge in [-0.15, -0.1) is 0 Å². The third kappa shape index (κ3) is 2.44. The van der Waals surface area contributed by atoms with Crippen molar-refractivity contribution in [1.82, 2.24) is 25.5 Å². The Hall–Kier alpha value is -1.95. The molecular formula is C13H17N5O. The first-order chi connectivity index (χ1) is 9.38. The van der Waals surface area contributed by atoms with Gasteiger partial charge in [-0.2, -0.15) is 5.10 Å². The van der Waals surface area contributed by atoms with Gasteiger partial charge in [0.25, 0.3) is 0 Å². The lowest BCUT2D eigenvalue weighted by molar-refractivity contribution is 0.414. The summed E-state index contributed by atoms with van der Waals surface area (Å²) in [6.45, 7) is 2.07. The topological polar surface area (TPSA) is 75.7 Å². The molecule has 2 N–H and O–H groups in total. The fourth-order valence-electron chi connectivity index (χ4n) is 2.38. The van der Waals surface area contributed by atoms with Gasteiger partial charge in [-0.05, 0) is 38.1 Å². The molecule has 1 aliphatic rings. The fraction of sp³-hybridized carbons (Fsp3) is 0.462. The summed E-state index contributed by atoms with van der Waals surface area (Å²) in [6, 6.07) is 3.70. The van der Waals surface area contributed by atoms with Crippen LogP contribution in [0.4, 0.5) is 0 Å². The highest BCUT2D eigenvalue weighted by Gasteiger charge is 2.20. The smallest absolute Gasteiger partial charge is 0.203 e. The van der Waals surface area contributed by atoms with Gasteiger partial charge in [0.2, 0.25) is 5.82 Å². The predicted molar refractivity (Wildman–Crippen MR) is 71.0 cm³/mol. The van der Waals surface area contributed by atoms with Gasteiger partial charge in [0.15, 0.2) is 5.69 Å². The largest absolute Gasteiger partial charge is 0.494 e. The van der Waals surface area contributed by atoms with Crippen molar-refractivity contribution < 1.29 is 4.74 Å². The van der Waals surface area contributed by atoms with Gasteiger partial charge < -0.3 is 10.1 Å². The molecule has 2 aromatic heterocycles. The zero-order chi connectivity index (χ0) is 13.1. The van der Waals surface area contributed by atoms with Crippen LogP contribution in [0.5, 0.6) is 5.75 Å². The highest BCUT2D eigenvalue weighted by molar-refractivity contribution is 5.58. The van der Waals surface area contributed by atoms with E-state index in [2.05, 4.69) is 25.5 Å². The van der Waals surface area contributed by atoms with Crippen molar-refractivity contribution in [1.29, 1.82) is 0 Å². The molecule has 0 unspecified atom stereocenters. The van der Waals surface area contributed by atoms with Gasteiger partial charge in [0.1, 0.15) is 11.6 Å². The number of hydrogen-bond donors (Lipinski definition) is 2. The number of nitrogens with one attached hydrogen (secondary N) is 2. The van der Waals surface area contributed by atoms with Gasteiger partial charge in [0, 0.05) is 12.1 Å². The first kappa shape index (κ1) is 12.1. The van der Waals surface area contributed by atoms with Crippen LogP contribution in [0, 0.1) is 0 Å². The van der Waals surface area contributed by atoms with E-state index in [0.29, 0.717) is 23.2 Å². The molecule has 2 aromatic rings. The minimum absolute atomic E-state index is 0.456. The monoisotopic (exact) mass is 259 g/mol. The number of H-pyrrole nitrogens is 1. The Morgan fingerprint density at radius 3 is 2.95 bits per heavy atom. The molecule has 0 saturated carbocycles. The van der Waals surface area contributed by atoms with Crippen molar-refractivity contribution in [3.05, 3.63) is 24.2 Å². The van der Waals surface area contributed by atoms with Crippen LogP contribution in [0.25, 0.3) is 11.5 Å². The second-order valence-electron chi connectivity index (χ2n) is 4.62. The Kier molecular flexibility index (Phi) is 3.41. The van der Waals surface area contributed by atoms with E-state index >= 15 is 0 Å². The SMILES string of the molecule is COc1cccnc1-c1n[nH]c(C2CCNCC2)n1. The Balaban J connectivity index is 1.88. The zero-order valence-corrected chi connectivity index (χ0v) is 10.9. The second-order valence-corrected chi connectivity index (χ2v) is 4.62. The number of aromatic amines is 1. The van der Waals surface area contributed by atoms with Gasteiger partial charge in [-0.3, -0.25) is 5.10 Å². The van der Waals surface area contributed by atoms with Crippen LogP contribution in [0.2, 0.25) is 0 Å². The van der Waals surface area contributed by atoms with Crippen LogP contribution in [0.3, 0.4) is 0 Å². The first-order valence-electron chi connectivity index (χ1n) is 6.51. The number of pyridine rings is 1. The van der Waals surface area contributed by atoms with E-state index in [1.54, 1.807) is 13.3 Å². The average molecular weight is 259 g/mol. The zero-order valence-electron chi connectivity index (χ0n) is 10.9. The summed E-state index contributed by atoms with van der Waals surface area (Å²) < 4.78 is 5.29. The van der Waals surface area contributed by atoms with Crippen molar-refractivity contribution in [2.24, 2.45) is 0 Å². The molecule has 3 heterocycles. The summed E-state index contributed by atoms with van der Waals surface area (Å²) in [5.41, 5.74) is 0.682. The molecule has 1 fully saturated rings.